The molecule has 0 radical (unpaired) electrons. The Bertz CT molecular complexity index is 3530. The number of phenolic OH excluding ortho intramolecular Hbond substituents is 1. The fraction of sp³-hybridized carbons (Fsp3) is 0.288. The molecule has 8 rings (SSSR count). The Labute approximate surface area is 413 Å². The Kier molecular flexibility index (Phi) is 9.16. The minimum absolute atomic E-state index is 0. The summed E-state index contributed by atoms with van der Waals surface area (Å²) in [6.45, 7) is 15.8. The molecule has 64 heavy (non-hydrogen) atoms. The van der Waals surface area contributed by atoms with Gasteiger partial charge in [0.25, 0.3) is 0 Å². The number of aryl methyl sites for hydroxylation is 2. The van der Waals surface area contributed by atoms with Crippen molar-refractivity contribution >= 4 is 11.0 Å². The van der Waals surface area contributed by atoms with Crippen LogP contribution in [0.5, 0.6) is 5.75 Å². The van der Waals surface area contributed by atoms with Crippen molar-refractivity contribution in [2.75, 3.05) is 0 Å². The van der Waals surface area contributed by atoms with Crippen molar-refractivity contribution in [1.29, 1.82) is 0 Å². The third-order valence-electron chi connectivity index (χ3n) is 11.6. The molecule has 0 unspecified atom stereocenters. The van der Waals surface area contributed by atoms with Crippen molar-refractivity contribution in [1.82, 2.24) is 14.5 Å². The molecule has 8 aromatic rings. The quantitative estimate of drug-likeness (QED) is 0.154. The molecule has 0 aliphatic carbocycles. The van der Waals surface area contributed by atoms with Gasteiger partial charge < -0.3 is 5.11 Å². The van der Waals surface area contributed by atoms with Gasteiger partial charge in [-0.3, -0.25) is 9.55 Å². The van der Waals surface area contributed by atoms with Gasteiger partial charge in [-0.2, -0.15) is 0 Å². The Morgan fingerprint density at radius 1 is 0.688 bits per heavy atom. The number of nitrogens with zero attached hydrogens (tertiary/aromatic N) is 3. The van der Waals surface area contributed by atoms with Gasteiger partial charge in [-0.15, -0.1) is 29.3 Å². The van der Waals surface area contributed by atoms with E-state index in [0.29, 0.717) is 83.9 Å². The maximum absolute atomic E-state index is 12.3. The number of fused-ring (bicyclic) bond motifs is 1. The van der Waals surface area contributed by atoms with E-state index < -0.39 is 66.1 Å². The van der Waals surface area contributed by atoms with Crippen LogP contribution in [0.1, 0.15) is 136 Å². The Morgan fingerprint density at radius 2 is 1.38 bits per heavy atom. The van der Waals surface area contributed by atoms with Crippen LogP contribution in [0.25, 0.3) is 72.7 Å². The van der Waals surface area contributed by atoms with Crippen LogP contribution in [0.3, 0.4) is 0 Å². The minimum Gasteiger partial charge on any atom is -0.507 e. The first-order valence-corrected chi connectivity index (χ1v) is 21.3. The summed E-state index contributed by atoms with van der Waals surface area (Å²) in [5.74, 6) is -1.71. The topological polar surface area (TPSA) is 50.9 Å². The van der Waals surface area contributed by atoms with Crippen LogP contribution in [-0.4, -0.2) is 19.6 Å². The van der Waals surface area contributed by atoms with Crippen LogP contribution in [0, 0.1) is 26.7 Å². The fourth-order valence-electron chi connectivity index (χ4n) is 8.02. The average Bonchev–Trinajstić information content (AvgIpc) is 3.69. The van der Waals surface area contributed by atoms with Crippen LogP contribution >= 0.6 is 0 Å². The predicted octanol–water partition coefficient (Wildman–Crippen LogP) is 16.0. The van der Waals surface area contributed by atoms with Crippen molar-refractivity contribution in [3.63, 3.8) is 0 Å². The van der Waals surface area contributed by atoms with Crippen molar-refractivity contribution in [3.05, 3.63) is 166 Å². The molecule has 4 nitrogen and oxygen atoms in total. The summed E-state index contributed by atoms with van der Waals surface area (Å²) in [6.07, 6.45) is 1.50. The number of pyridine rings is 1. The van der Waals surface area contributed by atoms with Crippen molar-refractivity contribution in [3.8, 4) is 67.5 Å². The number of benzene rings is 6. The molecule has 1 N–H and O–H groups in total. The third kappa shape index (κ3) is 9.18. The number of rotatable bonds is 8. The van der Waals surface area contributed by atoms with Crippen LogP contribution in [0.2, 0.25) is 0 Å². The number of para-hydroxylation sites is 1. The summed E-state index contributed by atoms with van der Waals surface area (Å²) in [7, 11) is 0. The van der Waals surface area contributed by atoms with Gasteiger partial charge in [-0.1, -0.05) is 159 Å². The third-order valence-corrected chi connectivity index (χ3v) is 11.6. The SMILES string of the molecule is [2H]c1c([2H])c(C([2H])([2H])[2H])c([2H])c([2H])c1-c1ccnc(-c2[c-]c(-c3cccc4c3nc(-c3cc(C)cc(C(C)(C)C)c3O)n4-c3ccc(-c4cc(C([2H])(C)C)cc(C([2H])(C)C)c4)cc3C([2H])([2H])[2H])cc(C(C)(C)C)c2)c1.[Pt]. The van der Waals surface area contributed by atoms with E-state index in [1.165, 1.54) is 6.20 Å². The van der Waals surface area contributed by atoms with E-state index >= 15 is 0 Å². The van der Waals surface area contributed by atoms with Gasteiger partial charge in [-0.05, 0) is 118 Å². The number of imidazole rings is 1. The number of hydrogen-bond acceptors (Lipinski definition) is 3. The number of aromatic hydroxyl groups is 1. The molecule has 5 heteroatoms. The largest absolute Gasteiger partial charge is 0.507 e. The smallest absolute Gasteiger partial charge is 0.148 e. The zero-order valence-corrected chi connectivity index (χ0v) is 40.6. The van der Waals surface area contributed by atoms with E-state index in [0.717, 1.165) is 11.1 Å². The summed E-state index contributed by atoms with van der Waals surface area (Å²) in [6, 6.07) is 28.8. The van der Waals surface area contributed by atoms with Crippen LogP contribution < -0.4 is 0 Å². The van der Waals surface area contributed by atoms with E-state index in [4.69, 9.17) is 26.4 Å². The molecule has 0 saturated heterocycles. The van der Waals surface area contributed by atoms with E-state index in [1.54, 1.807) is 56.5 Å². The second kappa shape index (κ2) is 17.8. The summed E-state index contributed by atoms with van der Waals surface area (Å²) in [4.78, 5) is 10.1. The molecule has 0 aliphatic heterocycles. The molecule has 0 atom stereocenters. The molecular weight excluding hydrogens is 962 g/mol. The molecule has 0 aliphatic rings. The zero-order valence-electron chi connectivity index (χ0n) is 50.3. The zero-order chi connectivity index (χ0) is 55.4. The van der Waals surface area contributed by atoms with Gasteiger partial charge in [0.15, 0.2) is 0 Å². The Hall–Kier alpha value is -5.57. The average molecular weight is 1040 g/mol. The normalized spacial score (nSPS) is 15.5. The maximum Gasteiger partial charge on any atom is 0.148 e. The Morgan fingerprint density at radius 3 is 2.02 bits per heavy atom. The first-order valence-electron chi connectivity index (χ1n) is 27.3. The van der Waals surface area contributed by atoms with Gasteiger partial charge in [-0.25, -0.2) is 4.98 Å². The van der Waals surface area contributed by atoms with E-state index in [1.807, 2.05) is 94.4 Å². The summed E-state index contributed by atoms with van der Waals surface area (Å²) >= 11 is 0. The number of aromatic nitrogens is 3. The molecule has 0 fully saturated rings. The summed E-state index contributed by atoms with van der Waals surface area (Å²) < 4.78 is 105. The predicted molar refractivity (Wildman–Crippen MR) is 266 cm³/mol. The molecule has 2 aromatic heterocycles. The molecule has 0 saturated carbocycles. The van der Waals surface area contributed by atoms with Crippen LogP contribution in [-0.2, 0) is 31.9 Å². The number of hydrogen-bond donors (Lipinski definition) is 1. The summed E-state index contributed by atoms with van der Waals surface area (Å²) in [5, 5.41) is 12.3. The first-order chi connectivity index (χ1) is 34.5. The van der Waals surface area contributed by atoms with E-state index in [9.17, 15) is 5.11 Å². The molecule has 6 aromatic carbocycles. The number of phenols is 1. The molecule has 0 bridgehead atoms. The second-order valence-electron chi connectivity index (χ2n) is 19.1. The maximum atomic E-state index is 12.3. The Balaban J connectivity index is 0.00000840. The van der Waals surface area contributed by atoms with Crippen LogP contribution in [0.4, 0.5) is 0 Å². The van der Waals surface area contributed by atoms with E-state index in [-0.39, 0.29) is 37.9 Å². The van der Waals surface area contributed by atoms with Crippen LogP contribution in [0.15, 0.2) is 121 Å². The van der Waals surface area contributed by atoms with Crippen molar-refractivity contribution in [2.24, 2.45) is 0 Å². The van der Waals surface area contributed by atoms with Gasteiger partial charge in [0.1, 0.15) is 11.6 Å². The van der Waals surface area contributed by atoms with Crippen molar-refractivity contribution < 1.29 is 42.6 Å². The second-order valence-corrected chi connectivity index (χ2v) is 19.1. The van der Waals surface area contributed by atoms with Gasteiger partial charge in [0.2, 0.25) is 0 Å². The van der Waals surface area contributed by atoms with Gasteiger partial charge in [0.05, 0.1) is 27.8 Å². The fourth-order valence-corrected chi connectivity index (χ4v) is 8.02. The molecule has 0 amide bonds. The molecule has 330 valence electrons. The molecular formula is C59H62N3OPt-. The van der Waals surface area contributed by atoms with Crippen molar-refractivity contribution in [2.45, 2.75) is 112 Å². The molecule has 0 spiro atoms. The molecule has 2 heterocycles. The first kappa shape index (κ1) is 33.0. The minimum atomic E-state index is -2.86. The van der Waals surface area contributed by atoms with E-state index in [2.05, 4.69) is 26.8 Å². The summed E-state index contributed by atoms with van der Waals surface area (Å²) in [5.41, 5.74) is 7.62. The standard InChI is InChI=1S/C59H62N3O.Pt/c1-35(2)43-28-44(36(3)4)30-45(29-43)41-21-22-53(39(7)27-41)62-54-16-14-15-49(55(54)61-57(62)50-25-38(6)26-51(56(50)63)59(11,12)13)46-31-47(33-48(32-46)58(8,9)10)52-34-42(23-24-60-52)40-19-17-37(5)18-20-40;/h14-30,32-36,63H,1-13H3;/q-1;/i5D3,7D3,17D,18D,19D,20D,35D,36D;. The van der Waals surface area contributed by atoms with Gasteiger partial charge in [0, 0.05) is 49.5 Å². The monoisotopic (exact) mass is 1040 g/mol. The van der Waals surface area contributed by atoms with Gasteiger partial charge >= 0.3 is 0 Å².